The molecule has 2 atom stereocenters. The molecule has 14 heavy (non-hydrogen) atoms. The van der Waals surface area contributed by atoms with Crippen LogP contribution < -0.4 is 0 Å². The lowest BCUT2D eigenvalue weighted by molar-refractivity contribution is -0.192. The Bertz CT molecular complexity index is 277. The molecule has 0 saturated carbocycles. The van der Waals surface area contributed by atoms with E-state index in [0.29, 0.717) is 0 Å². The zero-order valence-corrected chi connectivity index (χ0v) is 8.18. The van der Waals surface area contributed by atoms with Gasteiger partial charge in [-0.1, -0.05) is 26.0 Å². The van der Waals surface area contributed by atoms with E-state index in [1.807, 2.05) is 0 Å². The van der Waals surface area contributed by atoms with E-state index in [1.54, 1.807) is 32.1 Å². The second-order valence-corrected chi connectivity index (χ2v) is 3.77. The second kappa shape index (κ2) is 4.05. The number of alkyl halides is 3. The Morgan fingerprint density at radius 2 is 1.93 bits per heavy atom. The van der Waals surface area contributed by atoms with Crippen LogP contribution in [0.4, 0.5) is 13.2 Å². The van der Waals surface area contributed by atoms with Gasteiger partial charge in [0.25, 0.3) is 0 Å². The molecule has 3 heteroatoms. The smallest absolute Gasteiger partial charge is 0.171 e. The highest BCUT2D eigenvalue weighted by Gasteiger charge is 2.44. The van der Waals surface area contributed by atoms with Crippen molar-refractivity contribution in [2.45, 2.75) is 20.0 Å². The SMILES string of the molecule is CC(C)C(C1C=C=CC=C1)C(F)(F)F. The standard InChI is InChI=1S/C11H13F3/c1-8(2)10(11(12,13)14)9-6-4-3-5-7-9/h3-4,6-10H,1-2H3. The fraction of sp³-hybridized carbons (Fsp3) is 0.545. The van der Waals surface area contributed by atoms with Gasteiger partial charge in [0, 0.05) is 5.92 Å². The molecule has 0 bridgehead atoms. The average Bonchev–Trinajstić information content (AvgIpc) is 2.02. The molecular formula is C11H13F3. The summed E-state index contributed by atoms with van der Waals surface area (Å²) < 4.78 is 38.0. The van der Waals surface area contributed by atoms with E-state index < -0.39 is 23.9 Å². The quantitative estimate of drug-likeness (QED) is 0.599. The summed E-state index contributed by atoms with van der Waals surface area (Å²) in [5.41, 5.74) is 2.71. The Morgan fingerprint density at radius 3 is 2.29 bits per heavy atom. The summed E-state index contributed by atoms with van der Waals surface area (Å²) in [6.07, 6.45) is 2.15. The van der Waals surface area contributed by atoms with Crippen molar-refractivity contribution in [1.82, 2.24) is 0 Å². The van der Waals surface area contributed by atoms with Gasteiger partial charge in [0.2, 0.25) is 0 Å². The minimum atomic E-state index is -4.14. The van der Waals surface area contributed by atoms with E-state index in [0.717, 1.165) is 0 Å². The molecule has 0 N–H and O–H groups in total. The molecule has 0 aromatic carbocycles. The van der Waals surface area contributed by atoms with E-state index in [1.165, 1.54) is 6.08 Å². The van der Waals surface area contributed by atoms with Crippen molar-refractivity contribution in [2.75, 3.05) is 0 Å². The lowest BCUT2D eigenvalue weighted by atomic mass is 9.81. The van der Waals surface area contributed by atoms with Gasteiger partial charge in [-0.3, -0.25) is 0 Å². The third kappa shape index (κ3) is 2.52. The van der Waals surface area contributed by atoms with Crippen molar-refractivity contribution in [1.29, 1.82) is 0 Å². The van der Waals surface area contributed by atoms with Gasteiger partial charge in [-0.15, -0.1) is 5.73 Å². The summed E-state index contributed by atoms with van der Waals surface area (Å²) in [5.74, 6) is -2.29. The molecule has 1 aliphatic carbocycles. The summed E-state index contributed by atoms with van der Waals surface area (Å²) in [6.45, 7) is 3.19. The zero-order valence-electron chi connectivity index (χ0n) is 8.18. The molecule has 78 valence electrons. The van der Waals surface area contributed by atoms with Gasteiger partial charge in [0.05, 0.1) is 5.92 Å². The third-order valence-electron chi connectivity index (χ3n) is 2.33. The van der Waals surface area contributed by atoms with Crippen LogP contribution >= 0.6 is 0 Å². The van der Waals surface area contributed by atoms with E-state index in [9.17, 15) is 13.2 Å². The first-order valence-corrected chi connectivity index (χ1v) is 4.59. The van der Waals surface area contributed by atoms with Gasteiger partial charge in [0.15, 0.2) is 0 Å². The first kappa shape index (κ1) is 11.1. The van der Waals surface area contributed by atoms with E-state index >= 15 is 0 Å². The van der Waals surface area contributed by atoms with Crippen LogP contribution in [0.1, 0.15) is 13.8 Å². The first-order valence-electron chi connectivity index (χ1n) is 4.59. The molecular weight excluding hydrogens is 189 g/mol. The highest BCUT2D eigenvalue weighted by atomic mass is 19.4. The Kier molecular flexibility index (Phi) is 3.22. The molecule has 0 spiro atoms. The maximum Gasteiger partial charge on any atom is 0.392 e. The number of hydrogen-bond acceptors (Lipinski definition) is 0. The predicted octanol–water partition coefficient (Wildman–Crippen LogP) is 3.72. The summed E-state index contributed by atoms with van der Waals surface area (Å²) in [5, 5.41) is 0. The lowest BCUT2D eigenvalue weighted by Gasteiger charge is -2.28. The Hall–Kier alpha value is -0.950. The van der Waals surface area contributed by atoms with Crippen LogP contribution in [0, 0.1) is 17.8 Å². The van der Waals surface area contributed by atoms with Crippen LogP contribution in [-0.4, -0.2) is 6.18 Å². The number of hydrogen-bond donors (Lipinski definition) is 0. The second-order valence-electron chi connectivity index (χ2n) is 3.77. The number of halogens is 3. The molecule has 0 nitrogen and oxygen atoms in total. The van der Waals surface area contributed by atoms with Crippen LogP contribution in [0.25, 0.3) is 0 Å². The van der Waals surface area contributed by atoms with Crippen LogP contribution in [0.2, 0.25) is 0 Å². The minimum absolute atomic E-state index is 0.416. The summed E-state index contributed by atoms with van der Waals surface area (Å²) in [4.78, 5) is 0. The molecule has 0 saturated heterocycles. The predicted molar refractivity (Wildman–Crippen MR) is 49.7 cm³/mol. The highest BCUT2D eigenvalue weighted by Crippen LogP contribution is 2.39. The largest absolute Gasteiger partial charge is 0.392 e. The number of rotatable bonds is 2. The topological polar surface area (TPSA) is 0 Å². The highest BCUT2D eigenvalue weighted by molar-refractivity contribution is 5.16. The van der Waals surface area contributed by atoms with Gasteiger partial charge >= 0.3 is 6.18 Å². The fourth-order valence-corrected chi connectivity index (χ4v) is 1.73. The summed E-state index contributed by atoms with van der Waals surface area (Å²) in [6, 6.07) is 0. The van der Waals surface area contributed by atoms with Crippen molar-refractivity contribution in [3.8, 4) is 0 Å². The van der Waals surface area contributed by atoms with Gasteiger partial charge in [0.1, 0.15) is 0 Å². The molecule has 1 rings (SSSR count). The van der Waals surface area contributed by atoms with Crippen molar-refractivity contribution in [3.05, 3.63) is 30.0 Å². The van der Waals surface area contributed by atoms with Crippen molar-refractivity contribution < 1.29 is 13.2 Å². The maximum atomic E-state index is 12.7. The van der Waals surface area contributed by atoms with Gasteiger partial charge < -0.3 is 0 Å². The molecule has 0 aliphatic heterocycles. The molecule has 0 amide bonds. The Labute approximate surface area is 81.8 Å². The summed E-state index contributed by atoms with van der Waals surface area (Å²) >= 11 is 0. The van der Waals surface area contributed by atoms with Crippen molar-refractivity contribution in [2.24, 2.45) is 17.8 Å². The van der Waals surface area contributed by atoms with Gasteiger partial charge in [-0.2, -0.15) is 13.2 Å². The molecule has 0 heterocycles. The van der Waals surface area contributed by atoms with Crippen LogP contribution in [-0.2, 0) is 0 Å². The molecule has 1 aliphatic rings. The lowest BCUT2D eigenvalue weighted by Crippen LogP contribution is -2.33. The number of allylic oxidation sites excluding steroid dienone is 3. The Balaban J connectivity index is 2.89. The van der Waals surface area contributed by atoms with E-state index in [2.05, 4.69) is 5.73 Å². The molecule has 2 unspecified atom stereocenters. The maximum absolute atomic E-state index is 12.7. The average molecular weight is 202 g/mol. The first-order chi connectivity index (χ1) is 6.43. The van der Waals surface area contributed by atoms with Crippen LogP contribution in [0.15, 0.2) is 30.0 Å². The monoisotopic (exact) mass is 202 g/mol. The van der Waals surface area contributed by atoms with Crippen LogP contribution in [0.5, 0.6) is 0 Å². The van der Waals surface area contributed by atoms with Crippen LogP contribution in [0.3, 0.4) is 0 Å². The fourth-order valence-electron chi connectivity index (χ4n) is 1.73. The Morgan fingerprint density at radius 1 is 1.29 bits per heavy atom. The molecule has 0 fully saturated rings. The van der Waals surface area contributed by atoms with E-state index in [4.69, 9.17) is 0 Å². The molecule has 0 radical (unpaired) electrons. The van der Waals surface area contributed by atoms with Crippen molar-refractivity contribution >= 4 is 0 Å². The molecule has 0 aromatic rings. The van der Waals surface area contributed by atoms with Crippen molar-refractivity contribution in [3.63, 3.8) is 0 Å². The third-order valence-corrected chi connectivity index (χ3v) is 2.33. The minimum Gasteiger partial charge on any atom is -0.171 e. The van der Waals surface area contributed by atoms with E-state index in [-0.39, 0.29) is 0 Å². The zero-order chi connectivity index (χ0) is 10.8. The van der Waals surface area contributed by atoms with Gasteiger partial charge in [-0.25, -0.2) is 0 Å². The normalized spacial score (nSPS) is 23.1. The van der Waals surface area contributed by atoms with Gasteiger partial charge in [-0.05, 0) is 18.1 Å². The summed E-state index contributed by atoms with van der Waals surface area (Å²) in [7, 11) is 0. The molecule has 0 aromatic heterocycles.